The second kappa shape index (κ2) is 14.7. The van der Waals surface area contributed by atoms with Crippen molar-refractivity contribution in [3.8, 4) is 0 Å². The summed E-state index contributed by atoms with van der Waals surface area (Å²) in [7, 11) is 0. The molecule has 0 bridgehead atoms. The summed E-state index contributed by atoms with van der Waals surface area (Å²) in [5.41, 5.74) is -1.40. The highest BCUT2D eigenvalue weighted by Gasteiger charge is 2.75. The first-order chi connectivity index (χ1) is 26.0. The first-order valence-corrected chi connectivity index (χ1v) is 20.9. The molecule has 320 valence electrons. The first kappa shape index (κ1) is 42.8. The number of hydrogen-bond donors (Lipinski definition) is 7. The smallest absolute Gasteiger partial charge is 0.312 e. The van der Waals surface area contributed by atoms with Crippen LogP contribution in [0.2, 0.25) is 0 Å². The summed E-state index contributed by atoms with van der Waals surface area (Å²) in [6.07, 6.45) is -8.22. The van der Waals surface area contributed by atoms with E-state index >= 15 is 0 Å². The number of fused-ring (bicyclic) bond motifs is 7. The fraction of sp³-hybridized carbons (Fsp3) is 0.929. The lowest BCUT2D eigenvalue weighted by molar-refractivity contribution is -0.364. The molecule has 3 saturated carbocycles. The monoisotopic (exact) mass is 796 g/mol. The molecule has 14 nitrogen and oxygen atoms in total. The van der Waals surface area contributed by atoms with Gasteiger partial charge < -0.3 is 64.2 Å². The van der Waals surface area contributed by atoms with Crippen LogP contribution >= 0.6 is 0 Å². The summed E-state index contributed by atoms with van der Waals surface area (Å²) in [6, 6.07) is 0. The van der Waals surface area contributed by atoms with Crippen LogP contribution in [0.1, 0.15) is 107 Å². The van der Waals surface area contributed by atoms with E-state index in [1.54, 1.807) is 0 Å². The van der Waals surface area contributed by atoms with Gasteiger partial charge in [-0.05, 0) is 100 Å². The summed E-state index contributed by atoms with van der Waals surface area (Å²) in [6.45, 7) is 18.3. The van der Waals surface area contributed by atoms with E-state index in [0.29, 0.717) is 12.8 Å². The van der Waals surface area contributed by atoms with Crippen molar-refractivity contribution in [3.05, 3.63) is 11.6 Å². The topological polar surface area (TPSA) is 214 Å². The summed E-state index contributed by atoms with van der Waals surface area (Å²) in [5, 5.41) is 75.6. The van der Waals surface area contributed by atoms with Gasteiger partial charge in [-0.25, -0.2) is 0 Å². The SMILES string of the molecule is CC(C)=CC[C@H]1OC(=O)[C@H]2[C@H]3CCC4[C@@]5(C)CC[C@H](O[C@@H]6O[C@H](CO[C@@H]7O[C@@H](C)[C@H](O)[C@@H](O)[C@H]7O)[C@@H](O)[C@H](O)[C@H]6O)C(C)(C)C5CC[C@@]4(C)[C@]3(C)[C@@H](O)O[C@@]12C. The summed E-state index contributed by atoms with van der Waals surface area (Å²) < 4.78 is 36.6. The highest BCUT2D eigenvalue weighted by atomic mass is 16.7. The van der Waals surface area contributed by atoms with Gasteiger partial charge in [-0.15, -0.1) is 0 Å². The fourth-order valence-electron chi connectivity index (χ4n) is 13.2. The molecule has 3 aliphatic carbocycles. The van der Waals surface area contributed by atoms with Crippen LogP contribution in [0.15, 0.2) is 11.6 Å². The van der Waals surface area contributed by atoms with Crippen molar-refractivity contribution in [1.82, 2.24) is 0 Å². The maximum Gasteiger partial charge on any atom is 0.312 e. The maximum absolute atomic E-state index is 13.7. The van der Waals surface area contributed by atoms with Crippen molar-refractivity contribution in [1.29, 1.82) is 0 Å². The number of hydrogen-bond acceptors (Lipinski definition) is 14. The lowest BCUT2D eigenvalue weighted by atomic mass is 9.34. The minimum absolute atomic E-state index is 0.105. The van der Waals surface area contributed by atoms with Gasteiger partial charge in [0.1, 0.15) is 54.4 Å². The van der Waals surface area contributed by atoms with E-state index < -0.39 is 96.2 Å². The molecule has 0 radical (unpaired) electrons. The molecular weight excluding hydrogens is 728 g/mol. The Hall–Kier alpha value is -1.27. The zero-order valence-electron chi connectivity index (χ0n) is 34.5. The molecule has 14 heteroatoms. The Morgan fingerprint density at radius 1 is 0.786 bits per heavy atom. The van der Waals surface area contributed by atoms with Crippen LogP contribution < -0.4 is 0 Å². The van der Waals surface area contributed by atoms with E-state index in [-0.39, 0.29) is 47.3 Å². The van der Waals surface area contributed by atoms with Crippen molar-refractivity contribution in [3.63, 3.8) is 0 Å². The third kappa shape index (κ3) is 6.29. The quantitative estimate of drug-likeness (QED) is 0.112. The zero-order chi connectivity index (χ0) is 41.1. The number of carbonyl (C=O) groups excluding carboxylic acids is 1. The number of cyclic esters (lactones) is 1. The van der Waals surface area contributed by atoms with E-state index in [9.17, 15) is 40.5 Å². The normalized spacial score (nSPS) is 55.2. The molecule has 0 aromatic heterocycles. The van der Waals surface area contributed by atoms with Gasteiger partial charge in [0.15, 0.2) is 18.9 Å². The van der Waals surface area contributed by atoms with Crippen molar-refractivity contribution >= 4 is 5.97 Å². The molecule has 4 heterocycles. The largest absolute Gasteiger partial charge is 0.459 e. The van der Waals surface area contributed by atoms with Crippen LogP contribution in [-0.4, -0.2) is 134 Å². The van der Waals surface area contributed by atoms with Crippen molar-refractivity contribution < 1.29 is 69.0 Å². The van der Waals surface area contributed by atoms with Crippen molar-refractivity contribution in [2.24, 2.45) is 45.3 Å². The fourth-order valence-corrected chi connectivity index (χ4v) is 13.2. The van der Waals surface area contributed by atoms with E-state index in [0.717, 1.165) is 37.7 Å². The maximum atomic E-state index is 13.7. The van der Waals surface area contributed by atoms with Crippen LogP contribution in [-0.2, 0) is 33.2 Å². The molecule has 0 spiro atoms. The minimum atomic E-state index is -1.61. The molecule has 2 unspecified atom stereocenters. The lowest BCUT2D eigenvalue weighted by Crippen LogP contribution is -2.72. The number of allylic oxidation sites excluding steroid dienone is 1. The molecule has 0 amide bonds. The summed E-state index contributed by atoms with van der Waals surface area (Å²) >= 11 is 0. The molecule has 7 N–H and O–H groups in total. The second-order valence-electron chi connectivity index (χ2n) is 20.1. The average Bonchev–Trinajstić information content (AvgIpc) is 3.37. The molecule has 7 rings (SSSR count). The van der Waals surface area contributed by atoms with Crippen LogP contribution in [0.25, 0.3) is 0 Å². The number of carbonyl (C=O) groups is 1. The highest BCUT2D eigenvalue weighted by molar-refractivity contribution is 5.78. The van der Waals surface area contributed by atoms with Crippen LogP contribution in [0.5, 0.6) is 0 Å². The molecule has 7 fully saturated rings. The Balaban J connectivity index is 1.07. The van der Waals surface area contributed by atoms with Gasteiger partial charge in [0.05, 0.1) is 24.7 Å². The first-order valence-electron chi connectivity index (χ1n) is 20.9. The van der Waals surface area contributed by atoms with Crippen LogP contribution in [0.3, 0.4) is 0 Å². The van der Waals surface area contributed by atoms with E-state index in [1.807, 2.05) is 20.8 Å². The number of aliphatic hydroxyl groups excluding tert-OH is 7. The van der Waals surface area contributed by atoms with E-state index in [2.05, 4.69) is 40.7 Å². The number of rotatable bonds is 7. The molecule has 4 saturated heterocycles. The average molecular weight is 797 g/mol. The second-order valence-corrected chi connectivity index (χ2v) is 20.1. The third-order valence-corrected chi connectivity index (χ3v) is 16.7. The minimum Gasteiger partial charge on any atom is -0.459 e. The molecular formula is C42H68O14. The molecule has 4 aliphatic heterocycles. The number of esters is 1. The van der Waals surface area contributed by atoms with Crippen molar-refractivity contribution in [2.45, 2.75) is 193 Å². The van der Waals surface area contributed by atoms with Gasteiger partial charge in [0.25, 0.3) is 0 Å². The lowest BCUT2D eigenvalue weighted by Gasteiger charge is -2.72. The number of ether oxygens (including phenoxy) is 6. The third-order valence-electron chi connectivity index (χ3n) is 16.7. The predicted molar refractivity (Wildman–Crippen MR) is 199 cm³/mol. The molecule has 0 aromatic rings. The van der Waals surface area contributed by atoms with Crippen molar-refractivity contribution in [2.75, 3.05) is 6.61 Å². The van der Waals surface area contributed by atoms with Gasteiger partial charge >= 0.3 is 5.97 Å². The summed E-state index contributed by atoms with van der Waals surface area (Å²) in [5.74, 6) is -0.399. The zero-order valence-corrected chi connectivity index (χ0v) is 34.5. The Morgan fingerprint density at radius 2 is 1.45 bits per heavy atom. The van der Waals surface area contributed by atoms with Crippen LogP contribution in [0.4, 0.5) is 0 Å². The molecule has 7 aliphatic rings. The van der Waals surface area contributed by atoms with Gasteiger partial charge in [0.2, 0.25) is 0 Å². The molecule has 56 heavy (non-hydrogen) atoms. The van der Waals surface area contributed by atoms with Crippen LogP contribution in [0, 0.1) is 45.3 Å². The predicted octanol–water partition coefficient (Wildman–Crippen LogP) is 2.30. The van der Waals surface area contributed by atoms with E-state index in [4.69, 9.17) is 28.4 Å². The Bertz CT molecular complexity index is 1500. The highest BCUT2D eigenvalue weighted by Crippen LogP contribution is 2.75. The van der Waals surface area contributed by atoms with Gasteiger partial charge in [0, 0.05) is 11.8 Å². The van der Waals surface area contributed by atoms with Gasteiger partial charge in [-0.2, -0.15) is 0 Å². The van der Waals surface area contributed by atoms with Gasteiger partial charge in [-0.3, -0.25) is 4.79 Å². The molecule has 21 atom stereocenters. The van der Waals surface area contributed by atoms with Gasteiger partial charge in [-0.1, -0.05) is 46.3 Å². The van der Waals surface area contributed by atoms with E-state index in [1.165, 1.54) is 6.92 Å². The standard InChI is InChI=1S/C42H68O14/c1-19(2)10-13-26-42(9)27(34(49)54-26)21-11-12-24-39(6)16-15-25(38(4,5)23(39)14-17-40(24,7)41(21,8)37(50)56-42)55-36-33(48)31(46)29(44)22(53-36)18-51-35-32(47)30(45)28(43)20(3)52-35/h10,20-33,35-37,43-48,50H,11-18H2,1-9H3/t20-,21+,22+,23?,24?,25-,26+,27+,28-,29+,30+,31-,32+,33+,35+,36-,37-,39-,40+,41-,42-/m0/s1. The Morgan fingerprint density at radius 3 is 2.12 bits per heavy atom. The molecule has 0 aromatic carbocycles. The number of aliphatic hydroxyl groups is 7. The Labute approximate surface area is 330 Å². The summed E-state index contributed by atoms with van der Waals surface area (Å²) in [4.78, 5) is 13.7. The Kier molecular flexibility index (Phi) is 11.3.